The molecule has 1 amide bonds. The van der Waals surface area contributed by atoms with Gasteiger partial charge >= 0.3 is 0 Å². The van der Waals surface area contributed by atoms with Crippen LogP contribution < -0.4 is 5.32 Å². The normalized spacial score (nSPS) is 16.6. The Morgan fingerprint density at radius 3 is 2.33 bits per heavy atom. The summed E-state index contributed by atoms with van der Waals surface area (Å²) in [7, 11) is 0. The van der Waals surface area contributed by atoms with E-state index in [4.69, 9.17) is 0 Å². The summed E-state index contributed by atoms with van der Waals surface area (Å²) < 4.78 is 0. The average molecular weight is 254 g/mol. The molecule has 0 radical (unpaired) electrons. The highest BCUT2D eigenvalue weighted by Gasteiger charge is 2.14. The summed E-state index contributed by atoms with van der Waals surface area (Å²) in [5, 5.41) is 3.29. The number of carbonyl (C=O) groups is 1. The zero-order valence-electron chi connectivity index (χ0n) is 12.0. The fraction of sp³-hybridized carbons (Fsp3) is 0.933. The lowest BCUT2D eigenvalue weighted by atomic mass is 10.1. The van der Waals surface area contributed by atoms with Gasteiger partial charge in [0.05, 0.1) is 6.54 Å². The molecule has 1 aliphatic rings. The van der Waals surface area contributed by atoms with Gasteiger partial charge in [0.15, 0.2) is 0 Å². The molecular weight excluding hydrogens is 224 g/mol. The molecule has 0 aliphatic carbocycles. The van der Waals surface area contributed by atoms with Gasteiger partial charge in [0.1, 0.15) is 0 Å². The number of rotatable bonds is 8. The fourth-order valence-electron chi connectivity index (χ4n) is 2.48. The first kappa shape index (κ1) is 15.5. The number of unbranched alkanes of at least 4 members (excludes halogenated alkanes) is 4. The molecule has 0 aromatic rings. The second-order valence-corrected chi connectivity index (χ2v) is 5.39. The quantitative estimate of drug-likeness (QED) is 0.675. The van der Waals surface area contributed by atoms with Gasteiger partial charge in [-0.3, -0.25) is 4.79 Å². The Morgan fingerprint density at radius 1 is 1.00 bits per heavy atom. The van der Waals surface area contributed by atoms with Crippen LogP contribution in [-0.4, -0.2) is 37.0 Å². The van der Waals surface area contributed by atoms with E-state index in [-0.39, 0.29) is 0 Å². The molecular formula is C15H30N2O. The average Bonchev–Trinajstić information content (AvgIpc) is 2.66. The van der Waals surface area contributed by atoms with Crippen LogP contribution in [0.4, 0.5) is 0 Å². The first-order chi connectivity index (χ1) is 8.84. The van der Waals surface area contributed by atoms with Crippen molar-refractivity contribution >= 4 is 5.91 Å². The van der Waals surface area contributed by atoms with Crippen LogP contribution in [0.5, 0.6) is 0 Å². The summed E-state index contributed by atoms with van der Waals surface area (Å²) in [5.74, 6) is 0.297. The molecule has 18 heavy (non-hydrogen) atoms. The molecule has 1 heterocycles. The minimum atomic E-state index is 0.297. The molecule has 1 fully saturated rings. The van der Waals surface area contributed by atoms with Gasteiger partial charge in [-0.2, -0.15) is 0 Å². The van der Waals surface area contributed by atoms with Crippen molar-refractivity contribution in [1.82, 2.24) is 10.2 Å². The van der Waals surface area contributed by atoms with Crippen LogP contribution in [0.15, 0.2) is 0 Å². The fourth-order valence-corrected chi connectivity index (χ4v) is 2.48. The highest BCUT2D eigenvalue weighted by atomic mass is 16.2. The Labute approximate surface area is 112 Å². The molecule has 3 nitrogen and oxygen atoms in total. The van der Waals surface area contributed by atoms with Crippen molar-refractivity contribution in [2.24, 2.45) is 0 Å². The number of hydrogen-bond donors (Lipinski definition) is 1. The van der Waals surface area contributed by atoms with Gasteiger partial charge in [-0.25, -0.2) is 0 Å². The summed E-state index contributed by atoms with van der Waals surface area (Å²) in [5.41, 5.74) is 0. The maximum absolute atomic E-state index is 11.9. The lowest BCUT2D eigenvalue weighted by Crippen LogP contribution is -2.38. The van der Waals surface area contributed by atoms with E-state index in [0.29, 0.717) is 12.5 Å². The first-order valence-electron chi connectivity index (χ1n) is 7.83. The number of nitrogens with one attached hydrogen (secondary N) is 1. The van der Waals surface area contributed by atoms with Crippen molar-refractivity contribution < 1.29 is 4.79 Å². The van der Waals surface area contributed by atoms with Crippen molar-refractivity contribution in [2.45, 2.75) is 64.7 Å². The Balaban J connectivity index is 1.98. The summed E-state index contributed by atoms with van der Waals surface area (Å²) >= 11 is 0. The van der Waals surface area contributed by atoms with E-state index in [9.17, 15) is 4.79 Å². The maximum atomic E-state index is 11.9. The van der Waals surface area contributed by atoms with Crippen LogP contribution in [0.3, 0.4) is 0 Å². The molecule has 0 spiro atoms. The van der Waals surface area contributed by atoms with Gasteiger partial charge < -0.3 is 10.2 Å². The van der Waals surface area contributed by atoms with Gasteiger partial charge in [0, 0.05) is 13.1 Å². The van der Waals surface area contributed by atoms with Crippen molar-refractivity contribution in [2.75, 3.05) is 26.2 Å². The number of carbonyl (C=O) groups excluding carboxylic acids is 1. The van der Waals surface area contributed by atoms with E-state index in [0.717, 1.165) is 19.6 Å². The minimum Gasteiger partial charge on any atom is -0.342 e. The van der Waals surface area contributed by atoms with E-state index >= 15 is 0 Å². The molecule has 1 rings (SSSR count). The van der Waals surface area contributed by atoms with E-state index in [1.165, 1.54) is 57.8 Å². The highest BCUT2D eigenvalue weighted by molar-refractivity contribution is 5.78. The van der Waals surface area contributed by atoms with Crippen molar-refractivity contribution in [3.05, 3.63) is 0 Å². The smallest absolute Gasteiger partial charge is 0.236 e. The molecule has 0 aromatic heterocycles. The number of hydrogen-bond acceptors (Lipinski definition) is 2. The van der Waals surface area contributed by atoms with E-state index in [1.807, 2.05) is 4.90 Å². The Bertz CT molecular complexity index is 211. The summed E-state index contributed by atoms with van der Waals surface area (Å²) in [6.07, 6.45) is 11.4. The molecule has 0 atom stereocenters. The van der Waals surface area contributed by atoms with Gasteiger partial charge in [-0.05, 0) is 25.8 Å². The Hall–Kier alpha value is -0.570. The number of nitrogens with zero attached hydrogens (tertiary/aromatic N) is 1. The molecule has 1 N–H and O–H groups in total. The van der Waals surface area contributed by atoms with Crippen LogP contribution >= 0.6 is 0 Å². The van der Waals surface area contributed by atoms with Crippen LogP contribution in [0.2, 0.25) is 0 Å². The highest BCUT2D eigenvalue weighted by Crippen LogP contribution is 2.09. The van der Waals surface area contributed by atoms with Crippen molar-refractivity contribution in [1.29, 1.82) is 0 Å². The van der Waals surface area contributed by atoms with Gasteiger partial charge in [0.2, 0.25) is 5.91 Å². The lowest BCUT2D eigenvalue weighted by molar-refractivity contribution is -0.130. The Kier molecular flexibility index (Phi) is 8.92. The molecule has 0 aromatic carbocycles. The maximum Gasteiger partial charge on any atom is 0.236 e. The second kappa shape index (κ2) is 10.4. The molecule has 0 bridgehead atoms. The van der Waals surface area contributed by atoms with Gasteiger partial charge in [0.25, 0.3) is 0 Å². The zero-order valence-corrected chi connectivity index (χ0v) is 12.0. The van der Waals surface area contributed by atoms with Crippen LogP contribution in [0, 0.1) is 0 Å². The third kappa shape index (κ3) is 7.00. The summed E-state index contributed by atoms with van der Waals surface area (Å²) in [6.45, 7) is 5.70. The zero-order chi connectivity index (χ0) is 13.1. The van der Waals surface area contributed by atoms with Crippen molar-refractivity contribution in [3.8, 4) is 0 Å². The van der Waals surface area contributed by atoms with Crippen LogP contribution in [0.1, 0.15) is 64.7 Å². The summed E-state index contributed by atoms with van der Waals surface area (Å²) in [4.78, 5) is 14.0. The molecule has 0 saturated carbocycles. The largest absolute Gasteiger partial charge is 0.342 e. The SMILES string of the molecule is CCCCCCCNCC(=O)N1CCCCCC1. The van der Waals surface area contributed by atoms with E-state index in [1.54, 1.807) is 0 Å². The third-order valence-electron chi connectivity index (χ3n) is 3.69. The first-order valence-corrected chi connectivity index (χ1v) is 7.83. The minimum absolute atomic E-state index is 0.297. The molecule has 0 unspecified atom stereocenters. The topological polar surface area (TPSA) is 32.3 Å². The predicted molar refractivity (Wildman–Crippen MR) is 76.7 cm³/mol. The van der Waals surface area contributed by atoms with Gasteiger partial charge in [-0.15, -0.1) is 0 Å². The second-order valence-electron chi connectivity index (χ2n) is 5.39. The van der Waals surface area contributed by atoms with Crippen LogP contribution in [-0.2, 0) is 4.79 Å². The number of amides is 1. The lowest BCUT2D eigenvalue weighted by Gasteiger charge is -2.20. The molecule has 3 heteroatoms. The molecule has 1 aliphatic heterocycles. The van der Waals surface area contributed by atoms with Crippen LogP contribution in [0.25, 0.3) is 0 Å². The predicted octanol–water partition coefficient (Wildman–Crippen LogP) is 2.95. The number of likely N-dealkylation sites (tertiary alicyclic amines) is 1. The Morgan fingerprint density at radius 2 is 1.67 bits per heavy atom. The monoisotopic (exact) mass is 254 g/mol. The summed E-state index contributed by atoms with van der Waals surface area (Å²) in [6, 6.07) is 0. The van der Waals surface area contributed by atoms with E-state index < -0.39 is 0 Å². The van der Waals surface area contributed by atoms with Gasteiger partial charge in [-0.1, -0.05) is 45.4 Å². The molecule has 1 saturated heterocycles. The van der Waals surface area contributed by atoms with Crippen molar-refractivity contribution in [3.63, 3.8) is 0 Å². The van der Waals surface area contributed by atoms with E-state index in [2.05, 4.69) is 12.2 Å². The standard InChI is InChI=1S/C15H30N2O/c1-2-3-4-5-8-11-16-14-15(18)17-12-9-6-7-10-13-17/h16H,2-14H2,1H3. The molecule has 106 valence electrons. The third-order valence-corrected chi connectivity index (χ3v) is 3.69.